The van der Waals surface area contributed by atoms with Crippen LogP contribution >= 0.6 is 11.6 Å². The van der Waals surface area contributed by atoms with Crippen LogP contribution in [0.4, 0.5) is 0 Å². The molecule has 0 radical (unpaired) electrons. The SMILES string of the molecule is COc1ccccc1-c1ccc2nccc(Cl)c2c1. The number of methoxy groups -OCH3 is 1. The van der Waals surface area contributed by atoms with E-state index in [-0.39, 0.29) is 0 Å². The van der Waals surface area contributed by atoms with E-state index in [0.29, 0.717) is 5.02 Å². The van der Waals surface area contributed by atoms with Crippen LogP contribution in [-0.4, -0.2) is 12.1 Å². The maximum Gasteiger partial charge on any atom is 0.126 e. The van der Waals surface area contributed by atoms with E-state index in [2.05, 4.69) is 4.98 Å². The van der Waals surface area contributed by atoms with Gasteiger partial charge in [-0.15, -0.1) is 0 Å². The van der Waals surface area contributed by atoms with Crippen molar-refractivity contribution in [3.8, 4) is 16.9 Å². The maximum atomic E-state index is 6.22. The lowest BCUT2D eigenvalue weighted by Crippen LogP contribution is -1.88. The molecule has 0 amide bonds. The highest BCUT2D eigenvalue weighted by Crippen LogP contribution is 2.32. The Morgan fingerprint density at radius 1 is 1.05 bits per heavy atom. The van der Waals surface area contributed by atoms with Gasteiger partial charge in [0.2, 0.25) is 0 Å². The van der Waals surface area contributed by atoms with E-state index in [4.69, 9.17) is 16.3 Å². The molecule has 1 heterocycles. The lowest BCUT2D eigenvalue weighted by molar-refractivity contribution is 0.416. The van der Waals surface area contributed by atoms with Gasteiger partial charge in [0.25, 0.3) is 0 Å². The molecule has 94 valence electrons. The predicted molar refractivity (Wildman–Crippen MR) is 78.7 cm³/mol. The number of nitrogens with zero attached hydrogens (tertiary/aromatic N) is 1. The van der Waals surface area contributed by atoms with Gasteiger partial charge < -0.3 is 4.74 Å². The summed E-state index contributed by atoms with van der Waals surface area (Å²) in [6.07, 6.45) is 1.72. The van der Waals surface area contributed by atoms with Crippen molar-refractivity contribution in [3.63, 3.8) is 0 Å². The summed E-state index contributed by atoms with van der Waals surface area (Å²) >= 11 is 6.22. The van der Waals surface area contributed by atoms with Crippen molar-refractivity contribution in [2.24, 2.45) is 0 Å². The molecule has 0 spiro atoms. The van der Waals surface area contributed by atoms with Gasteiger partial charge in [0, 0.05) is 17.1 Å². The van der Waals surface area contributed by atoms with Crippen molar-refractivity contribution in [1.82, 2.24) is 4.98 Å². The standard InChI is InChI=1S/C16H12ClNO/c1-19-16-5-3-2-4-12(16)11-6-7-15-13(10-11)14(17)8-9-18-15/h2-10H,1H3. The zero-order valence-electron chi connectivity index (χ0n) is 10.4. The van der Waals surface area contributed by atoms with Crippen molar-refractivity contribution in [3.05, 3.63) is 59.8 Å². The number of halogens is 1. The first-order valence-electron chi connectivity index (χ1n) is 5.97. The van der Waals surface area contributed by atoms with Crippen molar-refractivity contribution >= 4 is 22.5 Å². The van der Waals surface area contributed by atoms with Gasteiger partial charge in [0.1, 0.15) is 5.75 Å². The van der Waals surface area contributed by atoms with Gasteiger partial charge >= 0.3 is 0 Å². The zero-order chi connectivity index (χ0) is 13.2. The summed E-state index contributed by atoms with van der Waals surface area (Å²) in [7, 11) is 1.68. The first-order valence-corrected chi connectivity index (χ1v) is 6.35. The van der Waals surface area contributed by atoms with Crippen LogP contribution in [-0.2, 0) is 0 Å². The summed E-state index contributed by atoms with van der Waals surface area (Å²) in [5, 5.41) is 1.66. The van der Waals surface area contributed by atoms with Crippen LogP contribution in [0, 0.1) is 0 Å². The fourth-order valence-corrected chi connectivity index (χ4v) is 2.37. The molecule has 0 fully saturated rings. The molecule has 0 aliphatic carbocycles. The third kappa shape index (κ3) is 2.15. The fraction of sp³-hybridized carbons (Fsp3) is 0.0625. The van der Waals surface area contributed by atoms with Crippen LogP contribution in [0.15, 0.2) is 54.7 Å². The second-order valence-corrected chi connectivity index (χ2v) is 4.63. The molecule has 0 saturated carbocycles. The van der Waals surface area contributed by atoms with E-state index in [0.717, 1.165) is 27.8 Å². The average Bonchev–Trinajstić information content (AvgIpc) is 2.47. The number of ether oxygens (including phenoxy) is 1. The van der Waals surface area contributed by atoms with E-state index in [1.165, 1.54) is 0 Å². The molecule has 0 bridgehead atoms. The molecule has 3 heteroatoms. The first-order chi connectivity index (χ1) is 9.29. The normalized spacial score (nSPS) is 10.6. The van der Waals surface area contributed by atoms with E-state index < -0.39 is 0 Å². The minimum atomic E-state index is 0.710. The Bertz CT molecular complexity index is 740. The van der Waals surface area contributed by atoms with Gasteiger partial charge in [-0.3, -0.25) is 4.98 Å². The van der Waals surface area contributed by atoms with E-state index in [1.54, 1.807) is 19.4 Å². The lowest BCUT2D eigenvalue weighted by atomic mass is 10.0. The lowest BCUT2D eigenvalue weighted by Gasteiger charge is -2.09. The number of pyridine rings is 1. The minimum Gasteiger partial charge on any atom is -0.496 e. The van der Waals surface area contributed by atoms with E-state index in [1.807, 2.05) is 42.5 Å². The molecule has 3 aromatic rings. The van der Waals surface area contributed by atoms with Crippen LogP contribution in [0.5, 0.6) is 5.75 Å². The first kappa shape index (κ1) is 12.0. The summed E-state index contributed by atoms with van der Waals surface area (Å²) in [6.45, 7) is 0. The van der Waals surface area contributed by atoms with Crippen LogP contribution in [0.1, 0.15) is 0 Å². The van der Waals surface area contributed by atoms with Gasteiger partial charge in [-0.1, -0.05) is 35.9 Å². The van der Waals surface area contributed by atoms with Crippen LogP contribution in [0.2, 0.25) is 5.02 Å². The molecule has 1 aromatic heterocycles. The van der Waals surface area contributed by atoms with Gasteiger partial charge in [-0.25, -0.2) is 0 Å². The predicted octanol–water partition coefficient (Wildman–Crippen LogP) is 4.56. The largest absolute Gasteiger partial charge is 0.496 e. The molecular weight excluding hydrogens is 258 g/mol. The van der Waals surface area contributed by atoms with Crippen molar-refractivity contribution in [2.45, 2.75) is 0 Å². The molecule has 19 heavy (non-hydrogen) atoms. The molecule has 0 N–H and O–H groups in total. The number of aromatic nitrogens is 1. The highest BCUT2D eigenvalue weighted by Gasteiger charge is 2.07. The summed E-state index contributed by atoms with van der Waals surface area (Å²) in [5.41, 5.74) is 3.01. The molecule has 0 aliphatic heterocycles. The topological polar surface area (TPSA) is 22.1 Å². The van der Waals surface area contributed by atoms with Crippen LogP contribution in [0.3, 0.4) is 0 Å². The Morgan fingerprint density at radius 2 is 1.89 bits per heavy atom. The molecule has 0 unspecified atom stereocenters. The number of hydrogen-bond donors (Lipinski definition) is 0. The number of benzene rings is 2. The summed E-state index contributed by atoms with van der Waals surface area (Å²) in [5.74, 6) is 0.849. The van der Waals surface area contributed by atoms with E-state index >= 15 is 0 Å². The van der Waals surface area contributed by atoms with Crippen LogP contribution in [0.25, 0.3) is 22.0 Å². The molecule has 0 atom stereocenters. The monoisotopic (exact) mass is 269 g/mol. The van der Waals surface area contributed by atoms with Gasteiger partial charge in [-0.2, -0.15) is 0 Å². The zero-order valence-corrected chi connectivity index (χ0v) is 11.2. The maximum absolute atomic E-state index is 6.22. The Hall–Kier alpha value is -2.06. The molecule has 0 aliphatic rings. The summed E-state index contributed by atoms with van der Waals surface area (Å²) < 4.78 is 5.39. The van der Waals surface area contributed by atoms with Gasteiger partial charge in [0.05, 0.1) is 17.6 Å². The average molecular weight is 270 g/mol. The van der Waals surface area contributed by atoms with Crippen molar-refractivity contribution in [2.75, 3.05) is 7.11 Å². The molecular formula is C16H12ClNO. The Balaban J connectivity index is 2.23. The highest BCUT2D eigenvalue weighted by atomic mass is 35.5. The van der Waals surface area contributed by atoms with Gasteiger partial charge in [-0.05, 0) is 29.8 Å². The third-order valence-corrected chi connectivity index (χ3v) is 3.44. The van der Waals surface area contributed by atoms with Gasteiger partial charge in [0.15, 0.2) is 0 Å². The van der Waals surface area contributed by atoms with Crippen molar-refractivity contribution < 1.29 is 4.74 Å². The number of hydrogen-bond acceptors (Lipinski definition) is 2. The third-order valence-electron chi connectivity index (χ3n) is 3.11. The van der Waals surface area contributed by atoms with Crippen LogP contribution < -0.4 is 4.74 Å². The minimum absolute atomic E-state index is 0.710. The quantitative estimate of drug-likeness (QED) is 0.680. The second kappa shape index (κ2) is 4.90. The highest BCUT2D eigenvalue weighted by molar-refractivity contribution is 6.35. The number of rotatable bonds is 2. The number of fused-ring (bicyclic) bond motifs is 1. The Labute approximate surface area is 116 Å². The fourth-order valence-electron chi connectivity index (χ4n) is 2.16. The smallest absolute Gasteiger partial charge is 0.126 e. The molecule has 3 rings (SSSR count). The van der Waals surface area contributed by atoms with E-state index in [9.17, 15) is 0 Å². The molecule has 2 aromatic carbocycles. The molecule has 2 nitrogen and oxygen atoms in total. The summed E-state index contributed by atoms with van der Waals surface area (Å²) in [6, 6.07) is 15.8. The van der Waals surface area contributed by atoms with Crippen molar-refractivity contribution in [1.29, 1.82) is 0 Å². The Morgan fingerprint density at radius 3 is 2.74 bits per heavy atom. The molecule has 0 saturated heterocycles. The summed E-state index contributed by atoms with van der Waals surface area (Å²) in [4.78, 5) is 4.30. The Kier molecular flexibility index (Phi) is 3.10. The second-order valence-electron chi connectivity index (χ2n) is 4.22. The number of para-hydroxylation sites is 1.